The fourth-order valence-electron chi connectivity index (χ4n) is 3.64. The van der Waals surface area contributed by atoms with Crippen LogP contribution in [0.5, 0.6) is 11.5 Å². The van der Waals surface area contributed by atoms with Gasteiger partial charge in [-0.1, -0.05) is 30.3 Å². The number of alkyl halides is 2. The molecule has 1 saturated heterocycles. The van der Waals surface area contributed by atoms with Crippen molar-refractivity contribution in [3.05, 3.63) is 63.7 Å². The number of nitrogens with zero attached hydrogens (tertiary/aromatic N) is 3. The maximum Gasteiger partial charge on any atom is 0.387 e. The largest absolute Gasteiger partial charge is 0.493 e. The molecule has 1 aliphatic rings. The molecule has 1 heterocycles. The Labute approximate surface area is 190 Å². The van der Waals surface area contributed by atoms with E-state index in [9.17, 15) is 23.7 Å². The highest BCUT2D eigenvalue weighted by Gasteiger charge is 2.25. The zero-order valence-electron chi connectivity index (χ0n) is 18.2. The van der Waals surface area contributed by atoms with Crippen LogP contribution in [0.1, 0.15) is 11.1 Å². The molecule has 0 unspecified atom stereocenters. The van der Waals surface area contributed by atoms with Crippen molar-refractivity contribution in [1.82, 2.24) is 15.1 Å². The second-order valence-electron chi connectivity index (χ2n) is 7.58. The van der Waals surface area contributed by atoms with E-state index in [-0.39, 0.29) is 36.2 Å². The molecule has 1 amide bonds. The lowest BCUT2D eigenvalue weighted by Crippen LogP contribution is -2.49. The van der Waals surface area contributed by atoms with E-state index in [1.54, 1.807) is 0 Å². The smallest absolute Gasteiger partial charge is 0.387 e. The third kappa shape index (κ3) is 7.09. The van der Waals surface area contributed by atoms with Crippen LogP contribution >= 0.6 is 0 Å². The second kappa shape index (κ2) is 11.5. The van der Waals surface area contributed by atoms with Crippen molar-refractivity contribution in [2.24, 2.45) is 0 Å². The van der Waals surface area contributed by atoms with Gasteiger partial charge >= 0.3 is 6.61 Å². The molecule has 178 valence electrons. The Bertz CT molecular complexity index is 953. The van der Waals surface area contributed by atoms with Crippen molar-refractivity contribution in [3.8, 4) is 11.5 Å². The summed E-state index contributed by atoms with van der Waals surface area (Å²) in [7, 11) is 1.28. The predicted molar refractivity (Wildman–Crippen MR) is 116 cm³/mol. The molecule has 0 radical (unpaired) electrons. The number of hydrogen-bond donors (Lipinski definition) is 1. The van der Waals surface area contributed by atoms with E-state index in [4.69, 9.17) is 4.74 Å². The van der Waals surface area contributed by atoms with Crippen molar-refractivity contribution in [2.75, 3.05) is 39.8 Å². The molecule has 3 rings (SSSR count). The molecule has 1 fully saturated rings. The third-order valence-electron chi connectivity index (χ3n) is 5.34. The normalized spacial score (nSPS) is 14.8. The van der Waals surface area contributed by atoms with Crippen molar-refractivity contribution >= 4 is 11.6 Å². The number of carbonyl (C=O) groups is 1. The number of nitro benzene ring substituents is 1. The summed E-state index contributed by atoms with van der Waals surface area (Å²) in [6.07, 6.45) is 0. The molecule has 9 nitrogen and oxygen atoms in total. The fourth-order valence-corrected chi connectivity index (χ4v) is 3.64. The maximum atomic E-state index is 12.6. The average molecular weight is 464 g/mol. The molecule has 1 N–H and O–H groups in total. The molecule has 2 aromatic rings. The number of ether oxygens (including phenoxy) is 2. The van der Waals surface area contributed by atoms with Crippen LogP contribution in [0.25, 0.3) is 0 Å². The van der Waals surface area contributed by atoms with Crippen molar-refractivity contribution in [2.45, 2.75) is 19.7 Å². The molecule has 0 spiro atoms. The summed E-state index contributed by atoms with van der Waals surface area (Å²) in [6, 6.07) is 12.0. The minimum atomic E-state index is -3.12. The number of benzene rings is 2. The predicted octanol–water partition coefficient (Wildman–Crippen LogP) is 2.64. The lowest BCUT2D eigenvalue weighted by Gasteiger charge is -2.34. The standard InChI is InChI=1S/C22H26F2N4O5/c1-32-19-11-17(18(28(30)31)12-20(19)33-22(23)24)14-26-7-9-27(10-8-26)15-21(29)25-13-16-5-3-2-4-6-16/h2-6,11-12,22H,7-10,13-15H2,1H3,(H,25,29). The number of methoxy groups -OCH3 is 1. The Morgan fingerprint density at radius 3 is 2.39 bits per heavy atom. The minimum absolute atomic E-state index is 0.00428. The molecule has 1 aliphatic heterocycles. The number of nitro groups is 1. The third-order valence-corrected chi connectivity index (χ3v) is 5.34. The first kappa shape index (κ1) is 24.3. The molecule has 0 atom stereocenters. The van der Waals surface area contributed by atoms with Crippen LogP contribution in [0.4, 0.5) is 14.5 Å². The summed E-state index contributed by atoms with van der Waals surface area (Å²) in [5.74, 6) is -0.443. The second-order valence-corrected chi connectivity index (χ2v) is 7.58. The van der Waals surface area contributed by atoms with E-state index in [1.165, 1.54) is 13.2 Å². The van der Waals surface area contributed by atoms with E-state index in [1.807, 2.05) is 40.1 Å². The van der Waals surface area contributed by atoms with Gasteiger partial charge < -0.3 is 14.8 Å². The van der Waals surface area contributed by atoms with Gasteiger partial charge in [0, 0.05) is 44.8 Å². The maximum absolute atomic E-state index is 12.6. The van der Waals surface area contributed by atoms with Crippen molar-refractivity contribution in [3.63, 3.8) is 0 Å². The van der Waals surface area contributed by atoms with Gasteiger partial charge in [0.05, 0.1) is 24.6 Å². The van der Waals surface area contributed by atoms with E-state index in [2.05, 4.69) is 10.1 Å². The number of carbonyl (C=O) groups excluding carboxylic acids is 1. The van der Waals surface area contributed by atoms with Crippen LogP contribution in [-0.4, -0.2) is 67.1 Å². The van der Waals surface area contributed by atoms with Gasteiger partial charge in [0.2, 0.25) is 5.91 Å². The lowest BCUT2D eigenvalue weighted by molar-refractivity contribution is -0.385. The summed E-state index contributed by atoms with van der Waals surface area (Å²) in [6.45, 7) is 0.302. The molecule has 0 bridgehead atoms. The van der Waals surface area contributed by atoms with Crippen LogP contribution in [0, 0.1) is 10.1 Å². The van der Waals surface area contributed by atoms with Gasteiger partial charge in [0.1, 0.15) is 0 Å². The molecule has 0 aromatic heterocycles. The number of nitrogens with one attached hydrogen (secondary N) is 1. The highest BCUT2D eigenvalue weighted by atomic mass is 19.3. The van der Waals surface area contributed by atoms with Crippen molar-refractivity contribution in [1.29, 1.82) is 0 Å². The Kier molecular flexibility index (Phi) is 8.50. The van der Waals surface area contributed by atoms with Gasteiger partial charge in [0.25, 0.3) is 5.69 Å². The van der Waals surface area contributed by atoms with Crippen LogP contribution in [0.15, 0.2) is 42.5 Å². The fraction of sp³-hybridized carbons (Fsp3) is 0.409. The van der Waals surface area contributed by atoms with Crippen LogP contribution in [0.3, 0.4) is 0 Å². The zero-order valence-corrected chi connectivity index (χ0v) is 18.2. The number of rotatable bonds is 10. The first-order valence-corrected chi connectivity index (χ1v) is 10.4. The van der Waals surface area contributed by atoms with Crippen LogP contribution in [-0.2, 0) is 17.9 Å². The van der Waals surface area contributed by atoms with Crippen LogP contribution in [0.2, 0.25) is 0 Å². The minimum Gasteiger partial charge on any atom is -0.493 e. The number of amides is 1. The van der Waals surface area contributed by atoms with E-state index in [0.717, 1.165) is 11.6 Å². The van der Waals surface area contributed by atoms with Crippen LogP contribution < -0.4 is 14.8 Å². The first-order chi connectivity index (χ1) is 15.9. The van der Waals surface area contributed by atoms with E-state index < -0.39 is 11.5 Å². The summed E-state index contributed by atoms with van der Waals surface area (Å²) < 4.78 is 34.7. The molecular weight excluding hydrogens is 438 g/mol. The Hall–Kier alpha value is -3.31. The monoisotopic (exact) mass is 464 g/mol. The zero-order chi connectivity index (χ0) is 23.8. The van der Waals surface area contributed by atoms with Crippen molar-refractivity contribution < 1.29 is 28.0 Å². The highest BCUT2D eigenvalue weighted by molar-refractivity contribution is 5.78. The van der Waals surface area contributed by atoms with Gasteiger partial charge in [-0.05, 0) is 11.6 Å². The van der Waals surface area contributed by atoms with E-state index in [0.29, 0.717) is 38.3 Å². The van der Waals surface area contributed by atoms with E-state index >= 15 is 0 Å². The molecule has 2 aromatic carbocycles. The number of hydrogen-bond acceptors (Lipinski definition) is 7. The first-order valence-electron chi connectivity index (χ1n) is 10.4. The van der Waals surface area contributed by atoms with Gasteiger partial charge in [-0.15, -0.1) is 0 Å². The number of halogens is 2. The average Bonchev–Trinajstić information content (AvgIpc) is 2.80. The Balaban J connectivity index is 1.54. The van der Waals surface area contributed by atoms with Gasteiger partial charge in [-0.25, -0.2) is 0 Å². The topological polar surface area (TPSA) is 97.2 Å². The highest BCUT2D eigenvalue weighted by Crippen LogP contribution is 2.36. The lowest BCUT2D eigenvalue weighted by atomic mass is 10.1. The summed E-state index contributed by atoms with van der Waals surface area (Å²) >= 11 is 0. The molecule has 11 heteroatoms. The molecule has 33 heavy (non-hydrogen) atoms. The molecule has 0 saturated carbocycles. The summed E-state index contributed by atoms with van der Waals surface area (Å²) in [4.78, 5) is 27.1. The van der Waals surface area contributed by atoms with Gasteiger partial charge in [0.15, 0.2) is 11.5 Å². The number of piperazine rings is 1. The van der Waals surface area contributed by atoms with Gasteiger partial charge in [-0.3, -0.25) is 24.7 Å². The SMILES string of the molecule is COc1cc(CN2CCN(CC(=O)NCc3ccccc3)CC2)c([N+](=O)[O-])cc1OC(F)F. The summed E-state index contributed by atoms with van der Waals surface area (Å²) in [5, 5.41) is 14.4. The van der Waals surface area contributed by atoms with Gasteiger partial charge in [-0.2, -0.15) is 8.78 Å². The molecular formula is C22H26F2N4O5. The Morgan fingerprint density at radius 2 is 1.79 bits per heavy atom. The summed E-state index contributed by atoms with van der Waals surface area (Å²) in [5.41, 5.74) is 1.05. The quantitative estimate of drug-likeness (QED) is 0.427. The molecule has 0 aliphatic carbocycles. The Morgan fingerprint density at radius 1 is 1.12 bits per heavy atom.